The maximum atomic E-state index is 11.5. The van der Waals surface area contributed by atoms with Gasteiger partial charge in [0.2, 0.25) is 0 Å². The largest absolute Gasteiger partial charge is 0.461 e. The van der Waals surface area contributed by atoms with Crippen LogP contribution in [0.1, 0.15) is 49.5 Å². The van der Waals surface area contributed by atoms with Gasteiger partial charge in [-0.3, -0.25) is 0 Å². The highest BCUT2D eigenvalue weighted by atomic mass is 32.1. The van der Waals surface area contributed by atoms with Crippen molar-refractivity contribution in [1.82, 2.24) is 4.98 Å². The molecule has 0 unspecified atom stereocenters. The lowest BCUT2D eigenvalue weighted by Crippen LogP contribution is -2.17. The van der Waals surface area contributed by atoms with Crippen molar-refractivity contribution in [3.05, 3.63) is 11.1 Å². The molecule has 0 aliphatic heterocycles. The van der Waals surface area contributed by atoms with E-state index in [0.29, 0.717) is 12.3 Å². The summed E-state index contributed by atoms with van der Waals surface area (Å²) < 4.78 is 4.91. The monoisotopic (exact) mass is 268 g/mol. The van der Waals surface area contributed by atoms with Crippen molar-refractivity contribution in [2.45, 2.75) is 39.0 Å². The summed E-state index contributed by atoms with van der Waals surface area (Å²) in [6.07, 6.45) is 6.68. The number of carbonyl (C=O) groups is 1. The number of ether oxygens (including phenoxy) is 1. The molecule has 1 aliphatic carbocycles. The molecule has 0 bridgehead atoms. The fourth-order valence-corrected chi connectivity index (χ4v) is 2.97. The first-order chi connectivity index (χ1) is 8.79. The number of carbonyl (C=O) groups excluding carboxylic acids is 1. The van der Waals surface area contributed by atoms with Crippen LogP contribution in [-0.2, 0) is 4.74 Å². The molecule has 1 fully saturated rings. The molecule has 1 heterocycles. The Morgan fingerprint density at radius 2 is 2.28 bits per heavy atom. The first kappa shape index (κ1) is 13.3. The van der Waals surface area contributed by atoms with E-state index in [1.54, 1.807) is 12.3 Å². The molecule has 100 valence electrons. The van der Waals surface area contributed by atoms with Crippen molar-refractivity contribution in [3.8, 4) is 0 Å². The average Bonchev–Trinajstić information content (AvgIpc) is 2.87. The summed E-state index contributed by atoms with van der Waals surface area (Å²) >= 11 is 1.47. The zero-order valence-corrected chi connectivity index (χ0v) is 11.6. The second-order valence-electron chi connectivity index (χ2n) is 4.64. The molecule has 0 atom stereocenters. The van der Waals surface area contributed by atoms with E-state index in [4.69, 9.17) is 4.74 Å². The predicted molar refractivity (Wildman–Crippen MR) is 73.1 cm³/mol. The molecular formula is C13H20N2O2S. The first-order valence-electron chi connectivity index (χ1n) is 6.66. The lowest BCUT2D eigenvalue weighted by atomic mass is 9.89. The summed E-state index contributed by atoms with van der Waals surface area (Å²) in [5.41, 5.74) is 0.410. The molecule has 1 aromatic heterocycles. The Labute approximate surface area is 112 Å². The van der Waals surface area contributed by atoms with Crippen LogP contribution in [-0.4, -0.2) is 24.1 Å². The maximum absolute atomic E-state index is 11.5. The third kappa shape index (κ3) is 3.70. The SMILES string of the molecule is CCOC(=O)c1csc(NCC2CCCCC2)n1. The molecule has 1 aliphatic rings. The topological polar surface area (TPSA) is 51.2 Å². The average molecular weight is 268 g/mol. The van der Waals surface area contributed by atoms with Crippen LogP contribution in [0.2, 0.25) is 0 Å². The minimum Gasteiger partial charge on any atom is -0.461 e. The van der Waals surface area contributed by atoms with Crippen LogP contribution in [0.15, 0.2) is 5.38 Å². The molecule has 5 heteroatoms. The number of thiazole rings is 1. The molecule has 1 N–H and O–H groups in total. The molecule has 0 saturated heterocycles. The van der Waals surface area contributed by atoms with E-state index in [1.165, 1.54) is 43.4 Å². The maximum Gasteiger partial charge on any atom is 0.357 e. The summed E-state index contributed by atoms with van der Waals surface area (Å²) in [5, 5.41) is 5.91. The Morgan fingerprint density at radius 3 is 3.00 bits per heavy atom. The standard InChI is InChI=1S/C13H20N2O2S/c1-2-17-12(16)11-9-18-13(15-11)14-8-10-6-4-3-5-7-10/h9-10H,2-8H2,1H3,(H,14,15). The Kier molecular flexibility index (Phi) is 4.99. The van der Waals surface area contributed by atoms with Gasteiger partial charge in [-0.05, 0) is 25.7 Å². The Balaban J connectivity index is 1.80. The molecule has 0 spiro atoms. The fraction of sp³-hybridized carbons (Fsp3) is 0.692. The highest BCUT2D eigenvalue weighted by molar-refractivity contribution is 7.13. The van der Waals surface area contributed by atoms with Gasteiger partial charge in [0.15, 0.2) is 10.8 Å². The zero-order valence-electron chi connectivity index (χ0n) is 10.8. The van der Waals surface area contributed by atoms with E-state index >= 15 is 0 Å². The molecular weight excluding hydrogens is 248 g/mol. The summed E-state index contributed by atoms with van der Waals surface area (Å²) in [7, 11) is 0. The number of nitrogens with zero attached hydrogens (tertiary/aromatic N) is 1. The van der Waals surface area contributed by atoms with E-state index in [-0.39, 0.29) is 5.97 Å². The molecule has 0 radical (unpaired) electrons. The Bertz CT molecular complexity index is 386. The van der Waals surface area contributed by atoms with Gasteiger partial charge in [-0.25, -0.2) is 9.78 Å². The van der Waals surface area contributed by atoms with Crippen LogP contribution in [0, 0.1) is 5.92 Å². The highest BCUT2D eigenvalue weighted by Crippen LogP contribution is 2.24. The van der Waals surface area contributed by atoms with Crippen molar-refractivity contribution < 1.29 is 9.53 Å². The second-order valence-corrected chi connectivity index (χ2v) is 5.50. The minimum absolute atomic E-state index is 0.334. The van der Waals surface area contributed by atoms with Crippen LogP contribution >= 0.6 is 11.3 Å². The quantitative estimate of drug-likeness (QED) is 0.832. The van der Waals surface area contributed by atoms with Gasteiger partial charge in [0, 0.05) is 11.9 Å². The smallest absolute Gasteiger partial charge is 0.357 e. The molecule has 1 saturated carbocycles. The number of aromatic nitrogens is 1. The molecule has 2 rings (SSSR count). The third-order valence-corrected chi connectivity index (χ3v) is 4.06. The summed E-state index contributed by atoms with van der Waals surface area (Å²) in [6, 6.07) is 0. The summed E-state index contributed by atoms with van der Waals surface area (Å²) in [5.74, 6) is 0.424. The number of rotatable bonds is 5. The number of nitrogens with one attached hydrogen (secondary N) is 1. The minimum atomic E-state index is -0.334. The van der Waals surface area contributed by atoms with Crippen molar-refractivity contribution >= 4 is 22.4 Å². The van der Waals surface area contributed by atoms with E-state index in [1.807, 2.05) is 0 Å². The van der Waals surface area contributed by atoms with Gasteiger partial charge in [-0.2, -0.15) is 0 Å². The highest BCUT2D eigenvalue weighted by Gasteiger charge is 2.15. The van der Waals surface area contributed by atoms with Crippen molar-refractivity contribution in [3.63, 3.8) is 0 Å². The number of esters is 1. The van der Waals surface area contributed by atoms with Crippen LogP contribution in [0.25, 0.3) is 0 Å². The van der Waals surface area contributed by atoms with Gasteiger partial charge >= 0.3 is 5.97 Å². The summed E-state index contributed by atoms with van der Waals surface area (Å²) in [6.45, 7) is 3.16. The van der Waals surface area contributed by atoms with E-state index in [2.05, 4.69) is 10.3 Å². The van der Waals surface area contributed by atoms with Crippen LogP contribution < -0.4 is 5.32 Å². The van der Waals surface area contributed by atoms with Crippen LogP contribution in [0.3, 0.4) is 0 Å². The lowest BCUT2D eigenvalue weighted by Gasteiger charge is -2.21. The van der Waals surface area contributed by atoms with Crippen LogP contribution in [0.4, 0.5) is 5.13 Å². The first-order valence-corrected chi connectivity index (χ1v) is 7.54. The van der Waals surface area contributed by atoms with Crippen molar-refractivity contribution in [1.29, 1.82) is 0 Å². The van der Waals surface area contributed by atoms with Gasteiger partial charge < -0.3 is 10.1 Å². The lowest BCUT2D eigenvalue weighted by molar-refractivity contribution is 0.0520. The third-order valence-electron chi connectivity index (χ3n) is 3.26. The Hall–Kier alpha value is -1.10. The van der Waals surface area contributed by atoms with Gasteiger partial charge in [0.1, 0.15) is 0 Å². The number of hydrogen-bond acceptors (Lipinski definition) is 5. The second kappa shape index (κ2) is 6.73. The molecule has 1 aromatic rings. The normalized spacial score (nSPS) is 16.5. The number of hydrogen-bond donors (Lipinski definition) is 1. The molecule has 18 heavy (non-hydrogen) atoms. The van der Waals surface area contributed by atoms with E-state index in [9.17, 15) is 4.79 Å². The van der Waals surface area contributed by atoms with Crippen LogP contribution in [0.5, 0.6) is 0 Å². The van der Waals surface area contributed by atoms with Gasteiger partial charge in [0.25, 0.3) is 0 Å². The van der Waals surface area contributed by atoms with Crippen molar-refractivity contribution in [2.75, 3.05) is 18.5 Å². The predicted octanol–water partition coefficient (Wildman–Crippen LogP) is 3.31. The summed E-state index contributed by atoms with van der Waals surface area (Å²) in [4.78, 5) is 15.7. The Morgan fingerprint density at radius 1 is 1.50 bits per heavy atom. The van der Waals surface area contributed by atoms with E-state index in [0.717, 1.165) is 17.6 Å². The molecule has 0 aromatic carbocycles. The fourth-order valence-electron chi connectivity index (χ4n) is 2.28. The van der Waals surface area contributed by atoms with Crippen molar-refractivity contribution in [2.24, 2.45) is 5.92 Å². The molecule has 4 nitrogen and oxygen atoms in total. The van der Waals surface area contributed by atoms with Gasteiger partial charge in [0.05, 0.1) is 6.61 Å². The zero-order chi connectivity index (χ0) is 12.8. The molecule has 0 amide bonds. The van der Waals surface area contributed by atoms with E-state index < -0.39 is 0 Å². The van der Waals surface area contributed by atoms with Gasteiger partial charge in [-0.1, -0.05) is 19.3 Å². The van der Waals surface area contributed by atoms with Gasteiger partial charge in [-0.15, -0.1) is 11.3 Å². The number of anilines is 1.